The number of benzene rings is 2. The van der Waals surface area contributed by atoms with E-state index in [-0.39, 0.29) is 11.8 Å². The second-order valence-corrected chi connectivity index (χ2v) is 10.2. The monoisotopic (exact) mass is 520 g/mol. The van der Waals surface area contributed by atoms with E-state index in [4.69, 9.17) is 9.47 Å². The molecule has 3 aliphatic rings. The van der Waals surface area contributed by atoms with Gasteiger partial charge in [-0.2, -0.15) is 9.98 Å². The van der Waals surface area contributed by atoms with Crippen LogP contribution < -0.4 is 9.47 Å². The van der Waals surface area contributed by atoms with Crippen LogP contribution in [0, 0.1) is 0 Å². The highest BCUT2D eigenvalue weighted by molar-refractivity contribution is 8.18. The van der Waals surface area contributed by atoms with Crippen LogP contribution in [0.5, 0.6) is 11.5 Å². The minimum atomic E-state index is -0.228. The van der Waals surface area contributed by atoms with Crippen molar-refractivity contribution in [3.05, 3.63) is 69.5 Å². The van der Waals surface area contributed by atoms with Gasteiger partial charge < -0.3 is 19.3 Å². The van der Waals surface area contributed by atoms with E-state index in [1.165, 1.54) is 23.5 Å². The topological polar surface area (TPSA) is 83.8 Å². The Kier molecular flexibility index (Phi) is 7.15. The number of hydrogen-bond donors (Lipinski definition) is 0. The smallest absolute Gasteiger partial charge is 0.286 e. The van der Waals surface area contributed by atoms with Crippen LogP contribution >= 0.6 is 23.5 Å². The van der Waals surface area contributed by atoms with E-state index < -0.39 is 0 Å². The Balaban J connectivity index is 1.19. The maximum absolute atomic E-state index is 12.5. The highest BCUT2D eigenvalue weighted by atomic mass is 32.2. The number of methoxy groups -OCH3 is 2. The van der Waals surface area contributed by atoms with E-state index in [2.05, 4.69) is 19.8 Å². The molecule has 0 atom stereocenters. The molecule has 2 aromatic rings. The molecule has 10 heteroatoms. The summed E-state index contributed by atoms with van der Waals surface area (Å²) in [7, 11) is 3.23. The van der Waals surface area contributed by atoms with Crippen molar-refractivity contribution in [2.45, 2.75) is 0 Å². The van der Waals surface area contributed by atoms with Crippen LogP contribution in [0.1, 0.15) is 11.1 Å². The molecule has 0 N–H and O–H groups in total. The van der Waals surface area contributed by atoms with Crippen molar-refractivity contribution in [1.29, 1.82) is 0 Å². The van der Waals surface area contributed by atoms with Gasteiger partial charge in [0.1, 0.15) is 11.5 Å². The van der Waals surface area contributed by atoms with Gasteiger partial charge in [0, 0.05) is 26.2 Å². The highest BCUT2D eigenvalue weighted by Gasteiger charge is 2.32. The lowest BCUT2D eigenvalue weighted by molar-refractivity contribution is -0.114. The molecule has 0 unspecified atom stereocenters. The van der Waals surface area contributed by atoms with E-state index in [9.17, 15) is 9.59 Å². The summed E-state index contributed by atoms with van der Waals surface area (Å²) in [4.78, 5) is 39.0. The molecule has 3 aliphatic heterocycles. The van der Waals surface area contributed by atoms with Crippen molar-refractivity contribution in [2.75, 3.05) is 40.4 Å². The van der Waals surface area contributed by atoms with Gasteiger partial charge in [-0.15, -0.1) is 0 Å². The molecule has 0 spiro atoms. The lowest BCUT2D eigenvalue weighted by Gasteiger charge is -2.35. The fourth-order valence-corrected chi connectivity index (χ4v) is 5.85. The third-order valence-corrected chi connectivity index (χ3v) is 7.91. The Bertz CT molecular complexity index is 1230. The second kappa shape index (κ2) is 10.6. The number of amides is 2. The summed E-state index contributed by atoms with van der Waals surface area (Å²) in [5.74, 6) is 1.03. The second-order valence-electron chi connectivity index (χ2n) is 8.15. The molecule has 5 rings (SSSR count). The maximum atomic E-state index is 12.5. The summed E-state index contributed by atoms with van der Waals surface area (Å²) in [6.45, 7) is 2.75. The minimum absolute atomic E-state index is 0.228. The Morgan fingerprint density at radius 1 is 0.722 bits per heavy atom. The Hall–Kier alpha value is -3.50. The molecule has 0 aromatic heterocycles. The van der Waals surface area contributed by atoms with Crippen LogP contribution in [0.3, 0.4) is 0 Å². The van der Waals surface area contributed by atoms with E-state index in [1.807, 2.05) is 60.7 Å². The number of nitrogens with zero attached hydrogens (tertiary/aromatic N) is 4. The van der Waals surface area contributed by atoms with Crippen LogP contribution in [-0.2, 0) is 9.59 Å². The minimum Gasteiger partial charge on any atom is -0.497 e. The number of carbonyl (C=O) groups is 2. The number of rotatable bonds is 4. The molecule has 36 heavy (non-hydrogen) atoms. The van der Waals surface area contributed by atoms with E-state index in [1.54, 1.807) is 14.2 Å². The summed E-state index contributed by atoms with van der Waals surface area (Å²) in [5, 5.41) is 1.42. The molecular weight excluding hydrogens is 496 g/mol. The van der Waals surface area contributed by atoms with Gasteiger partial charge in [0.2, 0.25) is 0 Å². The number of carbonyl (C=O) groups excluding carboxylic acids is 2. The summed E-state index contributed by atoms with van der Waals surface area (Å²) in [5.41, 5.74) is 1.79. The van der Waals surface area contributed by atoms with Crippen LogP contribution in [-0.4, -0.2) is 72.3 Å². The van der Waals surface area contributed by atoms with Crippen molar-refractivity contribution in [3.63, 3.8) is 0 Å². The molecule has 1 fully saturated rings. The van der Waals surface area contributed by atoms with Crippen molar-refractivity contribution in [1.82, 2.24) is 9.80 Å². The lowest BCUT2D eigenvalue weighted by Crippen LogP contribution is -2.49. The molecule has 0 aliphatic carbocycles. The molecule has 3 heterocycles. The first-order valence-electron chi connectivity index (χ1n) is 11.4. The zero-order valence-corrected chi connectivity index (χ0v) is 21.5. The molecule has 0 saturated carbocycles. The molecule has 8 nitrogen and oxygen atoms in total. The molecule has 0 bridgehead atoms. The van der Waals surface area contributed by atoms with Crippen LogP contribution in [0.15, 0.2) is 68.3 Å². The predicted molar refractivity (Wildman–Crippen MR) is 145 cm³/mol. The molecule has 0 radical (unpaired) electrons. The quantitative estimate of drug-likeness (QED) is 0.561. The summed E-state index contributed by atoms with van der Waals surface area (Å²) >= 11 is 2.78. The van der Waals surface area contributed by atoms with Crippen LogP contribution in [0.25, 0.3) is 12.2 Å². The highest BCUT2D eigenvalue weighted by Crippen LogP contribution is 2.33. The summed E-state index contributed by atoms with van der Waals surface area (Å²) < 4.78 is 10.5. The van der Waals surface area contributed by atoms with Crippen LogP contribution in [0.4, 0.5) is 0 Å². The molecule has 2 amide bonds. The van der Waals surface area contributed by atoms with Gasteiger partial charge in [-0.3, -0.25) is 9.59 Å². The Morgan fingerprint density at radius 2 is 1.14 bits per heavy atom. The third kappa shape index (κ3) is 5.34. The largest absolute Gasteiger partial charge is 0.497 e. The van der Waals surface area contributed by atoms with E-state index in [0.29, 0.717) is 46.3 Å². The first-order chi connectivity index (χ1) is 17.5. The SMILES string of the molecule is COc1cccc(/C=C2/SC(N3CCN(C4=NC(=O)/C(=C\c5cccc(OC)c5)S4)CC3)=NC2=O)c1. The number of thioether (sulfide) groups is 2. The van der Waals surface area contributed by atoms with Gasteiger partial charge >= 0.3 is 0 Å². The first kappa shape index (κ1) is 24.2. The van der Waals surface area contributed by atoms with Gasteiger partial charge in [-0.1, -0.05) is 24.3 Å². The Labute approximate surface area is 217 Å². The van der Waals surface area contributed by atoms with Gasteiger partial charge in [0.25, 0.3) is 11.8 Å². The third-order valence-electron chi connectivity index (χ3n) is 5.82. The lowest BCUT2D eigenvalue weighted by atomic mass is 10.2. The van der Waals surface area contributed by atoms with Crippen LogP contribution in [0.2, 0.25) is 0 Å². The average molecular weight is 521 g/mol. The molecule has 184 valence electrons. The van der Waals surface area contributed by atoms with Crippen molar-refractivity contribution < 1.29 is 19.1 Å². The van der Waals surface area contributed by atoms with Gasteiger partial charge in [0.05, 0.1) is 24.0 Å². The van der Waals surface area contributed by atoms with Gasteiger partial charge in [-0.05, 0) is 71.1 Å². The van der Waals surface area contributed by atoms with Crippen molar-refractivity contribution in [3.8, 4) is 11.5 Å². The van der Waals surface area contributed by atoms with Gasteiger partial charge in [-0.25, -0.2) is 0 Å². The van der Waals surface area contributed by atoms with E-state index >= 15 is 0 Å². The number of ether oxygens (including phenoxy) is 2. The van der Waals surface area contributed by atoms with E-state index in [0.717, 1.165) is 22.6 Å². The number of aliphatic imine (C=N–C) groups is 2. The normalized spacial score (nSPS) is 20.3. The standard InChI is InChI=1S/C26H24N4O4S2/c1-33-19-7-3-5-17(13-19)15-21-23(31)27-25(35-21)29-9-11-30(12-10-29)26-28-24(32)22(36-26)16-18-6-4-8-20(14-18)34-2/h3-8,13-16H,9-12H2,1-2H3/b21-15+,22-16+. The first-order valence-corrected chi connectivity index (χ1v) is 13.0. The predicted octanol–water partition coefficient (Wildman–Crippen LogP) is 3.96. The van der Waals surface area contributed by atoms with Gasteiger partial charge in [0.15, 0.2) is 10.3 Å². The molecule has 2 aromatic carbocycles. The molecule has 1 saturated heterocycles. The maximum Gasteiger partial charge on any atom is 0.286 e. The molecular formula is C26H24N4O4S2. The van der Waals surface area contributed by atoms with Crippen molar-refractivity contribution >= 4 is 57.8 Å². The zero-order valence-electron chi connectivity index (χ0n) is 19.8. The summed E-state index contributed by atoms with van der Waals surface area (Å²) in [6.07, 6.45) is 3.68. The average Bonchev–Trinajstić information content (AvgIpc) is 3.46. The number of piperazine rings is 1. The fourth-order valence-electron chi connectivity index (χ4n) is 3.92. The fraction of sp³-hybridized carbons (Fsp3) is 0.231. The Morgan fingerprint density at radius 3 is 1.53 bits per heavy atom. The number of hydrogen-bond acceptors (Lipinski definition) is 8. The summed E-state index contributed by atoms with van der Waals surface area (Å²) in [6, 6.07) is 15.1. The van der Waals surface area contributed by atoms with Crippen molar-refractivity contribution in [2.24, 2.45) is 9.98 Å². The zero-order chi connectivity index (χ0) is 25.1. The number of amidine groups is 2.